The van der Waals surface area contributed by atoms with Gasteiger partial charge in [0.15, 0.2) is 0 Å². The number of nitriles is 1. The summed E-state index contributed by atoms with van der Waals surface area (Å²) in [6.07, 6.45) is -0.112. The zero-order chi connectivity index (χ0) is 13.5. The molecule has 0 saturated carbocycles. The van der Waals surface area contributed by atoms with E-state index >= 15 is 0 Å². The van der Waals surface area contributed by atoms with Crippen molar-refractivity contribution in [2.45, 2.75) is 6.42 Å². The highest BCUT2D eigenvalue weighted by molar-refractivity contribution is 5.88. The number of carboxylic acids is 2. The number of aromatic carboxylic acids is 1. The van der Waals surface area contributed by atoms with E-state index < -0.39 is 11.9 Å². The van der Waals surface area contributed by atoms with Gasteiger partial charge in [-0.05, 0) is 18.2 Å². The minimum Gasteiger partial charge on any atom is -0.481 e. The van der Waals surface area contributed by atoms with Crippen LogP contribution in [-0.2, 0) is 4.79 Å². The SMILES string of the molecule is N#CCN(CCC(=O)O)c1cccc(C(=O)O)c1. The molecule has 18 heavy (non-hydrogen) atoms. The van der Waals surface area contributed by atoms with Gasteiger partial charge in [-0.25, -0.2) is 4.79 Å². The third-order valence-electron chi connectivity index (χ3n) is 2.32. The van der Waals surface area contributed by atoms with Gasteiger partial charge in [-0.3, -0.25) is 4.79 Å². The minimum atomic E-state index is -1.06. The molecule has 2 N–H and O–H groups in total. The average molecular weight is 248 g/mol. The Hall–Kier alpha value is -2.55. The first-order chi connectivity index (χ1) is 8.54. The second kappa shape index (κ2) is 6.25. The molecule has 0 aliphatic rings. The van der Waals surface area contributed by atoms with Crippen molar-refractivity contribution in [1.29, 1.82) is 5.26 Å². The number of rotatable bonds is 6. The topological polar surface area (TPSA) is 102 Å². The molecule has 6 nitrogen and oxygen atoms in total. The number of anilines is 1. The lowest BCUT2D eigenvalue weighted by molar-refractivity contribution is -0.136. The van der Waals surface area contributed by atoms with E-state index in [0.717, 1.165) is 0 Å². The zero-order valence-corrected chi connectivity index (χ0v) is 9.54. The fraction of sp³-hybridized carbons (Fsp3) is 0.250. The van der Waals surface area contributed by atoms with Crippen LogP contribution in [-0.4, -0.2) is 35.2 Å². The van der Waals surface area contributed by atoms with Crippen LogP contribution in [0.2, 0.25) is 0 Å². The van der Waals surface area contributed by atoms with Crippen LogP contribution < -0.4 is 4.90 Å². The fourth-order valence-electron chi connectivity index (χ4n) is 1.45. The maximum absolute atomic E-state index is 10.8. The minimum absolute atomic E-state index is 0.0103. The molecule has 0 radical (unpaired) electrons. The number of nitrogens with zero attached hydrogens (tertiary/aromatic N) is 2. The quantitative estimate of drug-likeness (QED) is 0.733. The van der Waals surface area contributed by atoms with E-state index in [-0.39, 0.29) is 25.1 Å². The van der Waals surface area contributed by atoms with Crippen LogP contribution >= 0.6 is 0 Å². The first-order valence-corrected chi connectivity index (χ1v) is 5.21. The molecule has 1 aromatic carbocycles. The number of benzene rings is 1. The van der Waals surface area contributed by atoms with E-state index in [2.05, 4.69) is 0 Å². The van der Waals surface area contributed by atoms with Gasteiger partial charge in [0.25, 0.3) is 0 Å². The normalized spacial score (nSPS) is 9.50. The summed E-state index contributed by atoms with van der Waals surface area (Å²) in [5.74, 6) is -2.03. The molecule has 0 bridgehead atoms. The molecule has 0 spiro atoms. The monoisotopic (exact) mass is 248 g/mol. The summed E-state index contributed by atoms with van der Waals surface area (Å²) in [4.78, 5) is 22.9. The van der Waals surface area contributed by atoms with Crippen molar-refractivity contribution in [2.75, 3.05) is 18.0 Å². The van der Waals surface area contributed by atoms with Crippen molar-refractivity contribution in [1.82, 2.24) is 0 Å². The predicted molar refractivity (Wildman–Crippen MR) is 63.5 cm³/mol. The predicted octanol–water partition coefficient (Wildman–Crippen LogP) is 1.19. The third kappa shape index (κ3) is 3.79. The van der Waals surface area contributed by atoms with Crippen LogP contribution in [0.5, 0.6) is 0 Å². The Morgan fingerprint density at radius 3 is 2.61 bits per heavy atom. The van der Waals surface area contributed by atoms with E-state index in [0.29, 0.717) is 5.69 Å². The number of hydrogen-bond donors (Lipinski definition) is 2. The van der Waals surface area contributed by atoms with Crippen LogP contribution in [0.1, 0.15) is 16.8 Å². The molecule has 0 saturated heterocycles. The first-order valence-electron chi connectivity index (χ1n) is 5.21. The maximum Gasteiger partial charge on any atom is 0.335 e. The van der Waals surface area contributed by atoms with Gasteiger partial charge in [0.1, 0.15) is 6.54 Å². The molecule has 0 aromatic heterocycles. The van der Waals surface area contributed by atoms with Crippen molar-refractivity contribution in [2.24, 2.45) is 0 Å². The van der Waals surface area contributed by atoms with E-state index in [1.54, 1.807) is 12.1 Å². The third-order valence-corrected chi connectivity index (χ3v) is 2.32. The van der Waals surface area contributed by atoms with Gasteiger partial charge in [-0.1, -0.05) is 6.07 Å². The number of aliphatic carboxylic acids is 1. The lowest BCUT2D eigenvalue weighted by Crippen LogP contribution is -2.26. The molecular formula is C12H12N2O4. The molecule has 0 heterocycles. The summed E-state index contributed by atoms with van der Waals surface area (Å²) in [5, 5.41) is 26.2. The van der Waals surface area contributed by atoms with E-state index in [9.17, 15) is 9.59 Å². The molecule has 0 aliphatic carbocycles. The molecule has 0 atom stereocenters. The summed E-state index contributed by atoms with van der Waals surface area (Å²) in [5.41, 5.74) is 0.628. The molecule has 0 unspecified atom stereocenters. The number of carbonyl (C=O) groups is 2. The lowest BCUT2D eigenvalue weighted by atomic mass is 10.2. The van der Waals surface area contributed by atoms with Crippen molar-refractivity contribution in [3.05, 3.63) is 29.8 Å². The van der Waals surface area contributed by atoms with Crippen LogP contribution in [0.25, 0.3) is 0 Å². The lowest BCUT2D eigenvalue weighted by Gasteiger charge is -2.21. The van der Waals surface area contributed by atoms with Gasteiger partial charge in [-0.15, -0.1) is 0 Å². The highest BCUT2D eigenvalue weighted by Crippen LogP contribution is 2.16. The van der Waals surface area contributed by atoms with E-state index in [1.165, 1.54) is 17.0 Å². The van der Waals surface area contributed by atoms with Crippen LogP contribution in [0, 0.1) is 11.3 Å². The second-order valence-corrected chi connectivity index (χ2v) is 3.58. The Labute approximate surface area is 104 Å². The molecule has 0 fully saturated rings. The Morgan fingerprint density at radius 1 is 1.33 bits per heavy atom. The van der Waals surface area contributed by atoms with Gasteiger partial charge in [0.2, 0.25) is 0 Å². The molecule has 0 amide bonds. The molecular weight excluding hydrogens is 236 g/mol. The molecule has 94 valence electrons. The molecule has 1 aromatic rings. The van der Waals surface area contributed by atoms with E-state index in [1.807, 2.05) is 6.07 Å². The van der Waals surface area contributed by atoms with Crippen molar-refractivity contribution in [3.63, 3.8) is 0 Å². The van der Waals surface area contributed by atoms with Crippen molar-refractivity contribution >= 4 is 17.6 Å². The summed E-state index contributed by atoms with van der Waals surface area (Å²) < 4.78 is 0. The van der Waals surface area contributed by atoms with Gasteiger partial charge < -0.3 is 15.1 Å². The van der Waals surface area contributed by atoms with Crippen molar-refractivity contribution < 1.29 is 19.8 Å². The van der Waals surface area contributed by atoms with Crippen LogP contribution in [0.15, 0.2) is 24.3 Å². The smallest absolute Gasteiger partial charge is 0.335 e. The fourth-order valence-corrected chi connectivity index (χ4v) is 1.45. The average Bonchev–Trinajstić information content (AvgIpc) is 2.34. The zero-order valence-electron chi connectivity index (χ0n) is 9.54. The van der Waals surface area contributed by atoms with Crippen LogP contribution in [0.4, 0.5) is 5.69 Å². The van der Waals surface area contributed by atoms with Crippen LogP contribution in [0.3, 0.4) is 0 Å². The maximum atomic E-state index is 10.8. The summed E-state index contributed by atoms with van der Waals surface area (Å²) >= 11 is 0. The van der Waals surface area contributed by atoms with Gasteiger partial charge in [0, 0.05) is 12.2 Å². The van der Waals surface area contributed by atoms with Gasteiger partial charge in [-0.2, -0.15) is 5.26 Å². The Bertz CT molecular complexity index is 493. The molecule has 6 heteroatoms. The molecule has 1 rings (SSSR count). The molecule has 0 aliphatic heterocycles. The summed E-state index contributed by atoms with van der Waals surface area (Å²) in [6.45, 7) is 0.169. The highest BCUT2D eigenvalue weighted by atomic mass is 16.4. The largest absolute Gasteiger partial charge is 0.481 e. The second-order valence-electron chi connectivity index (χ2n) is 3.58. The number of carboxylic acid groups (broad SMARTS) is 2. The van der Waals surface area contributed by atoms with Gasteiger partial charge in [0.05, 0.1) is 18.1 Å². The Kier molecular flexibility index (Phi) is 4.69. The van der Waals surface area contributed by atoms with Gasteiger partial charge >= 0.3 is 11.9 Å². The summed E-state index contributed by atoms with van der Waals surface area (Å²) in [6, 6.07) is 7.98. The first kappa shape index (κ1) is 13.5. The van der Waals surface area contributed by atoms with E-state index in [4.69, 9.17) is 15.5 Å². The number of hydrogen-bond acceptors (Lipinski definition) is 4. The summed E-state index contributed by atoms with van der Waals surface area (Å²) in [7, 11) is 0. The standard InChI is InChI=1S/C12H12N2O4/c13-5-7-14(6-4-11(15)16)10-3-1-2-9(8-10)12(17)18/h1-3,8H,4,6-7H2,(H,15,16)(H,17,18). The highest BCUT2D eigenvalue weighted by Gasteiger charge is 2.10. The van der Waals surface area contributed by atoms with Crippen molar-refractivity contribution in [3.8, 4) is 6.07 Å². The Balaban J connectivity index is 2.91. The Morgan fingerprint density at radius 2 is 2.06 bits per heavy atom.